The van der Waals surface area contributed by atoms with Gasteiger partial charge in [0, 0.05) is 17.8 Å². The van der Waals surface area contributed by atoms with Gasteiger partial charge in [0.15, 0.2) is 0 Å². The number of nitrogens with zero attached hydrogens (tertiary/aromatic N) is 4. The number of hydrogen-bond donors (Lipinski definition) is 0. The van der Waals surface area contributed by atoms with Gasteiger partial charge in [0.2, 0.25) is 5.82 Å². The summed E-state index contributed by atoms with van der Waals surface area (Å²) in [6.07, 6.45) is -3.18. The molecule has 2 heterocycles. The molecule has 0 saturated heterocycles. The molecule has 2 aromatic heterocycles. The van der Waals surface area contributed by atoms with Gasteiger partial charge in [0.1, 0.15) is 0 Å². The minimum absolute atomic E-state index is 0.156. The van der Waals surface area contributed by atoms with Gasteiger partial charge in [-0.3, -0.25) is 4.79 Å². The molecule has 1 unspecified atom stereocenters. The second kappa shape index (κ2) is 5.91. The van der Waals surface area contributed by atoms with Gasteiger partial charge in [0.25, 0.3) is 5.56 Å². The topological polar surface area (TPSA) is 73.8 Å². The number of halogens is 3. The van der Waals surface area contributed by atoms with Crippen LogP contribution in [0.5, 0.6) is 0 Å². The highest BCUT2D eigenvalue weighted by molar-refractivity contribution is 5.54. The van der Waals surface area contributed by atoms with Crippen molar-refractivity contribution in [2.75, 3.05) is 0 Å². The van der Waals surface area contributed by atoms with E-state index in [4.69, 9.17) is 0 Å². The van der Waals surface area contributed by atoms with E-state index in [1.165, 1.54) is 16.9 Å². The van der Waals surface area contributed by atoms with E-state index < -0.39 is 12.1 Å². The van der Waals surface area contributed by atoms with Crippen LogP contribution >= 0.6 is 0 Å². The van der Waals surface area contributed by atoms with E-state index in [2.05, 4.69) is 19.8 Å². The number of benzene rings is 1. The predicted octanol–water partition coefficient (Wildman–Crippen LogP) is 2.92. The molecule has 3 aromatic rings. The minimum Gasteiger partial charge on any atom is -0.329 e. The Morgan fingerprint density at radius 1 is 1.17 bits per heavy atom. The van der Waals surface area contributed by atoms with Crippen molar-refractivity contribution >= 4 is 0 Å². The van der Waals surface area contributed by atoms with Crippen LogP contribution < -0.4 is 5.56 Å². The summed E-state index contributed by atoms with van der Waals surface area (Å²) >= 11 is 0. The Balaban J connectivity index is 1.87. The average Bonchev–Trinajstić information content (AvgIpc) is 3.05. The lowest BCUT2D eigenvalue weighted by Gasteiger charge is -2.13. The fourth-order valence-electron chi connectivity index (χ4n) is 2.17. The van der Waals surface area contributed by atoms with Gasteiger partial charge < -0.3 is 4.52 Å². The maximum atomic E-state index is 12.5. The van der Waals surface area contributed by atoms with Gasteiger partial charge in [-0.15, -0.1) is 0 Å². The van der Waals surface area contributed by atoms with Gasteiger partial charge in [0.05, 0.1) is 6.04 Å². The molecule has 0 aliphatic rings. The zero-order valence-electron chi connectivity index (χ0n) is 12.4. The molecule has 0 amide bonds. The second-order valence-electron chi connectivity index (χ2n) is 5.03. The van der Waals surface area contributed by atoms with E-state index in [-0.39, 0.29) is 17.4 Å². The molecule has 0 spiro atoms. The van der Waals surface area contributed by atoms with Crippen molar-refractivity contribution in [1.82, 2.24) is 19.9 Å². The largest absolute Gasteiger partial charge is 0.471 e. The molecule has 0 radical (unpaired) electrons. The average molecular weight is 336 g/mol. The van der Waals surface area contributed by atoms with Crippen molar-refractivity contribution in [2.45, 2.75) is 19.1 Å². The lowest BCUT2D eigenvalue weighted by atomic mass is 10.1. The minimum atomic E-state index is -4.68. The van der Waals surface area contributed by atoms with E-state index in [1.54, 1.807) is 37.3 Å². The molecule has 9 heteroatoms. The van der Waals surface area contributed by atoms with Crippen LogP contribution in [0.2, 0.25) is 0 Å². The normalized spacial score (nSPS) is 13.0. The molecule has 0 bridgehead atoms. The van der Waals surface area contributed by atoms with Crippen molar-refractivity contribution in [3.8, 4) is 11.4 Å². The first-order chi connectivity index (χ1) is 11.4. The Morgan fingerprint density at radius 2 is 1.88 bits per heavy atom. The van der Waals surface area contributed by atoms with Gasteiger partial charge in [-0.2, -0.15) is 23.3 Å². The summed E-state index contributed by atoms with van der Waals surface area (Å²) < 4.78 is 42.9. The zero-order chi connectivity index (χ0) is 17.3. The lowest BCUT2D eigenvalue weighted by molar-refractivity contribution is -0.159. The molecular formula is C15H11F3N4O2. The summed E-state index contributed by atoms with van der Waals surface area (Å²) in [6, 6.07) is 9.08. The number of aromatic nitrogens is 4. The first-order valence-electron chi connectivity index (χ1n) is 6.91. The maximum absolute atomic E-state index is 12.5. The van der Waals surface area contributed by atoms with Gasteiger partial charge in [-0.05, 0) is 18.6 Å². The van der Waals surface area contributed by atoms with Crippen LogP contribution in [-0.4, -0.2) is 19.9 Å². The maximum Gasteiger partial charge on any atom is 0.471 e. The van der Waals surface area contributed by atoms with E-state index in [0.717, 1.165) is 5.56 Å². The van der Waals surface area contributed by atoms with Gasteiger partial charge in [-0.25, -0.2) is 4.68 Å². The van der Waals surface area contributed by atoms with Crippen LogP contribution in [0, 0.1) is 0 Å². The monoisotopic (exact) mass is 336 g/mol. The Morgan fingerprint density at radius 3 is 2.46 bits per heavy atom. The number of rotatable bonds is 3. The fraction of sp³-hybridized carbons (Fsp3) is 0.200. The van der Waals surface area contributed by atoms with Crippen LogP contribution in [0.1, 0.15) is 24.4 Å². The third kappa shape index (κ3) is 3.05. The van der Waals surface area contributed by atoms with E-state index in [9.17, 15) is 18.0 Å². The molecule has 0 aliphatic carbocycles. The lowest BCUT2D eigenvalue weighted by Crippen LogP contribution is -2.25. The molecule has 1 aromatic carbocycles. The van der Waals surface area contributed by atoms with E-state index in [0.29, 0.717) is 5.56 Å². The Hall–Kier alpha value is -2.97. The van der Waals surface area contributed by atoms with Crippen molar-refractivity contribution in [1.29, 1.82) is 0 Å². The molecule has 3 rings (SSSR count). The van der Waals surface area contributed by atoms with Gasteiger partial charge >= 0.3 is 12.1 Å². The van der Waals surface area contributed by atoms with E-state index in [1.807, 2.05) is 0 Å². The molecule has 0 aliphatic heterocycles. The molecule has 0 N–H and O–H groups in total. The molecule has 0 fully saturated rings. The van der Waals surface area contributed by atoms with Crippen molar-refractivity contribution in [3.05, 3.63) is 64.4 Å². The summed E-state index contributed by atoms with van der Waals surface area (Å²) in [5.74, 6) is -1.55. The van der Waals surface area contributed by atoms with Crippen LogP contribution in [0.3, 0.4) is 0 Å². The third-order valence-electron chi connectivity index (χ3n) is 3.43. The fourth-order valence-corrected chi connectivity index (χ4v) is 2.17. The van der Waals surface area contributed by atoms with Crippen LogP contribution in [0.4, 0.5) is 13.2 Å². The summed E-state index contributed by atoms with van der Waals surface area (Å²) in [6.45, 7) is 1.79. The summed E-state index contributed by atoms with van der Waals surface area (Å²) in [4.78, 5) is 15.1. The van der Waals surface area contributed by atoms with Crippen LogP contribution in [-0.2, 0) is 6.18 Å². The van der Waals surface area contributed by atoms with Crippen molar-refractivity contribution in [3.63, 3.8) is 0 Å². The molecule has 0 saturated carbocycles. The summed E-state index contributed by atoms with van der Waals surface area (Å²) in [7, 11) is 0. The van der Waals surface area contributed by atoms with Crippen molar-refractivity contribution < 1.29 is 17.7 Å². The highest BCUT2D eigenvalue weighted by Crippen LogP contribution is 2.29. The Labute approximate surface area is 133 Å². The summed E-state index contributed by atoms with van der Waals surface area (Å²) in [5, 5.41) is 7.33. The van der Waals surface area contributed by atoms with E-state index >= 15 is 0 Å². The first kappa shape index (κ1) is 15.9. The molecule has 124 valence electrons. The Kier molecular flexibility index (Phi) is 3.92. The SMILES string of the molecule is CC(c1ccc(-c2noc(C(F)(F)F)n2)cc1)n1ncccc1=O. The molecule has 24 heavy (non-hydrogen) atoms. The second-order valence-corrected chi connectivity index (χ2v) is 5.03. The Bertz CT molecular complexity index is 900. The molecule has 6 nitrogen and oxygen atoms in total. The van der Waals surface area contributed by atoms with Crippen LogP contribution in [0.15, 0.2) is 51.9 Å². The first-order valence-corrected chi connectivity index (χ1v) is 6.91. The number of hydrogen-bond acceptors (Lipinski definition) is 5. The molecule has 1 atom stereocenters. The quantitative estimate of drug-likeness (QED) is 0.735. The highest BCUT2D eigenvalue weighted by atomic mass is 19.4. The zero-order valence-corrected chi connectivity index (χ0v) is 12.4. The van der Waals surface area contributed by atoms with Crippen molar-refractivity contribution in [2.24, 2.45) is 0 Å². The predicted molar refractivity (Wildman–Crippen MR) is 77.0 cm³/mol. The van der Waals surface area contributed by atoms with Crippen LogP contribution in [0.25, 0.3) is 11.4 Å². The third-order valence-corrected chi connectivity index (χ3v) is 3.43. The highest BCUT2D eigenvalue weighted by Gasteiger charge is 2.38. The summed E-state index contributed by atoms with van der Waals surface area (Å²) in [5.41, 5.74) is 0.889. The van der Waals surface area contributed by atoms with Gasteiger partial charge in [-0.1, -0.05) is 29.4 Å². The number of alkyl halides is 3. The smallest absolute Gasteiger partial charge is 0.329 e. The molecular weight excluding hydrogens is 325 g/mol. The standard InChI is InChI=1S/C15H11F3N4O2/c1-9(22-12(23)3-2-8-19-22)10-4-6-11(7-5-10)13-20-14(24-21-13)15(16,17)18/h2-9H,1H3.